The first kappa shape index (κ1) is 17.2. The molecular weight excluding hydrogens is 309 g/mol. The molecule has 8 heteroatoms. The molecule has 3 nitrogen and oxygen atoms in total. The number of thioether (sulfide) groups is 2. The molecule has 20 heavy (non-hydrogen) atoms. The summed E-state index contributed by atoms with van der Waals surface area (Å²) in [6.45, 7) is 0. The third-order valence-corrected chi connectivity index (χ3v) is 3.71. The van der Waals surface area contributed by atoms with Crippen LogP contribution in [-0.4, -0.2) is 29.5 Å². The second-order valence-corrected chi connectivity index (χ2v) is 6.07. The van der Waals surface area contributed by atoms with Gasteiger partial charge >= 0.3 is 5.51 Å². The number of carbonyl (C=O) groups excluding carboxylic acids is 1. The Hall–Kier alpha value is -0.860. The highest BCUT2D eigenvalue weighted by Crippen LogP contribution is 2.36. The van der Waals surface area contributed by atoms with E-state index in [9.17, 15) is 18.0 Å². The van der Waals surface area contributed by atoms with Gasteiger partial charge in [0.05, 0.1) is 6.04 Å². The SMILES string of the molecule is CSCC[C@@H](N)C(=O)Nc1ccc(SC(F)(F)F)cc1. The van der Waals surface area contributed by atoms with Crippen LogP contribution >= 0.6 is 23.5 Å². The minimum atomic E-state index is -4.31. The van der Waals surface area contributed by atoms with E-state index in [0.717, 1.165) is 5.75 Å². The highest BCUT2D eigenvalue weighted by Gasteiger charge is 2.29. The van der Waals surface area contributed by atoms with E-state index >= 15 is 0 Å². The van der Waals surface area contributed by atoms with Crippen molar-refractivity contribution in [3.63, 3.8) is 0 Å². The molecule has 0 bridgehead atoms. The molecule has 0 saturated carbocycles. The summed E-state index contributed by atoms with van der Waals surface area (Å²) in [5.41, 5.74) is 1.80. The van der Waals surface area contributed by atoms with Gasteiger partial charge in [-0.15, -0.1) is 0 Å². The van der Waals surface area contributed by atoms with Gasteiger partial charge < -0.3 is 11.1 Å². The summed E-state index contributed by atoms with van der Waals surface area (Å²) in [6, 6.07) is 4.84. The van der Waals surface area contributed by atoms with Crippen LogP contribution in [0.2, 0.25) is 0 Å². The van der Waals surface area contributed by atoms with Gasteiger partial charge in [0.15, 0.2) is 0 Å². The van der Waals surface area contributed by atoms with Gasteiger partial charge in [-0.2, -0.15) is 24.9 Å². The molecule has 0 fully saturated rings. The third kappa shape index (κ3) is 6.53. The molecule has 0 heterocycles. The Morgan fingerprint density at radius 2 is 1.95 bits per heavy atom. The van der Waals surface area contributed by atoms with E-state index < -0.39 is 11.6 Å². The molecule has 112 valence electrons. The number of anilines is 1. The Labute approximate surface area is 123 Å². The molecule has 0 aromatic heterocycles. The van der Waals surface area contributed by atoms with E-state index in [-0.39, 0.29) is 22.6 Å². The van der Waals surface area contributed by atoms with Crippen molar-refractivity contribution in [2.45, 2.75) is 22.9 Å². The zero-order valence-corrected chi connectivity index (χ0v) is 12.4. The lowest BCUT2D eigenvalue weighted by Gasteiger charge is -2.12. The van der Waals surface area contributed by atoms with E-state index in [4.69, 9.17) is 5.73 Å². The van der Waals surface area contributed by atoms with Gasteiger partial charge in [0.25, 0.3) is 0 Å². The maximum Gasteiger partial charge on any atom is 0.446 e. The van der Waals surface area contributed by atoms with Crippen LogP contribution < -0.4 is 11.1 Å². The highest BCUT2D eigenvalue weighted by atomic mass is 32.2. The van der Waals surface area contributed by atoms with E-state index in [1.807, 2.05) is 6.26 Å². The van der Waals surface area contributed by atoms with Gasteiger partial charge in [-0.3, -0.25) is 4.79 Å². The molecule has 3 N–H and O–H groups in total. The number of nitrogens with one attached hydrogen (secondary N) is 1. The van der Waals surface area contributed by atoms with Crippen LogP contribution in [0.25, 0.3) is 0 Å². The molecule has 0 aliphatic rings. The Balaban J connectivity index is 2.55. The van der Waals surface area contributed by atoms with Gasteiger partial charge in [-0.1, -0.05) is 0 Å². The van der Waals surface area contributed by atoms with Crippen molar-refractivity contribution in [1.82, 2.24) is 0 Å². The maximum absolute atomic E-state index is 12.2. The minimum Gasteiger partial charge on any atom is -0.325 e. The molecule has 1 rings (SSSR count). The van der Waals surface area contributed by atoms with Crippen molar-refractivity contribution in [1.29, 1.82) is 0 Å². The molecule has 1 amide bonds. The topological polar surface area (TPSA) is 55.1 Å². The van der Waals surface area contributed by atoms with Crippen molar-refractivity contribution < 1.29 is 18.0 Å². The Morgan fingerprint density at radius 3 is 2.45 bits per heavy atom. The largest absolute Gasteiger partial charge is 0.446 e. The molecule has 0 saturated heterocycles. The van der Waals surface area contributed by atoms with Gasteiger partial charge in [0.2, 0.25) is 5.91 Å². The number of nitrogens with two attached hydrogens (primary N) is 1. The number of halogens is 3. The quantitative estimate of drug-likeness (QED) is 0.788. The van der Waals surface area contributed by atoms with Crippen LogP contribution in [0, 0.1) is 0 Å². The van der Waals surface area contributed by atoms with Crippen molar-refractivity contribution in [2.24, 2.45) is 5.73 Å². The monoisotopic (exact) mass is 324 g/mol. The zero-order chi connectivity index (χ0) is 15.2. The fourth-order valence-corrected chi connectivity index (χ4v) is 2.38. The summed E-state index contributed by atoms with van der Waals surface area (Å²) in [4.78, 5) is 11.8. The lowest BCUT2D eigenvalue weighted by atomic mass is 10.2. The lowest BCUT2D eigenvalue weighted by molar-refractivity contribution is -0.117. The van der Waals surface area contributed by atoms with E-state index in [1.165, 1.54) is 24.3 Å². The average Bonchev–Trinajstić information content (AvgIpc) is 2.36. The van der Waals surface area contributed by atoms with Gasteiger partial charge in [-0.25, -0.2) is 0 Å². The molecule has 0 aliphatic heterocycles. The summed E-state index contributed by atoms with van der Waals surface area (Å²) in [5, 5.41) is 2.58. The normalized spacial score (nSPS) is 13.1. The Kier molecular flexibility index (Phi) is 6.70. The van der Waals surface area contributed by atoms with Crippen LogP contribution in [0.5, 0.6) is 0 Å². The van der Waals surface area contributed by atoms with Crippen LogP contribution in [0.15, 0.2) is 29.2 Å². The highest BCUT2D eigenvalue weighted by molar-refractivity contribution is 8.00. The number of hydrogen-bond acceptors (Lipinski definition) is 4. The third-order valence-electron chi connectivity index (χ3n) is 2.33. The van der Waals surface area contributed by atoms with Crippen molar-refractivity contribution in [3.05, 3.63) is 24.3 Å². The average molecular weight is 324 g/mol. The molecule has 1 aromatic carbocycles. The van der Waals surface area contributed by atoms with E-state index in [1.54, 1.807) is 11.8 Å². The number of hydrogen-bond donors (Lipinski definition) is 2. The number of carbonyl (C=O) groups is 1. The predicted octanol–water partition coefficient (Wildman–Crippen LogP) is 3.32. The standard InChI is InChI=1S/C12H15F3N2OS2/c1-19-7-6-10(16)11(18)17-8-2-4-9(5-3-8)20-12(13,14)15/h2-5,10H,6-7,16H2,1H3,(H,17,18)/t10-/m1/s1. The number of amides is 1. The lowest BCUT2D eigenvalue weighted by Crippen LogP contribution is -2.36. The number of rotatable bonds is 6. The van der Waals surface area contributed by atoms with Crippen molar-refractivity contribution in [3.8, 4) is 0 Å². The van der Waals surface area contributed by atoms with E-state index in [0.29, 0.717) is 12.1 Å². The molecular formula is C12H15F3N2OS2. The van der Waals surface area contributed by atoms with Crippen LogP contribution in [0.3, 0.4) is 0 Å². The maximum atomic E-state index is 12.2. The van der Waals surface area contributed by atoms with Gasteiger partial charge in [0.1, 0.15) is 0 Å². The van der Waals surface area contributed by atoms with Crippen molar-refractivity contribution >= 4 is 35.1 Å². The van der Waals surface area contributed by atoms with Crippen molar-refractivity contribution in [2.75, 3.05) is 17.3 Å². The first-order chi connectivity index (χ1) is 9.31. The number of benzene rings is 1. The number of alkyl halides is 3. The molecule has 0 spiro atoms. The Morgan fingerprint density at radius 1 is 1.35 bits per heavy atom. The first-order valence-electron chi connectivity index (χ1n) is 5.73. The van der Waals surface area contributed by atoms with Crippen LogP contribution in [0.4, 0.5) is 18.9 Å². The second-order valence-electron chi connectivity index (χ2n) is 3.95. The molecule has 0 radical (unpaired) electrons. The van der Waals surface area contributed by atoms with Crippen LogP contribution in [0.1, 0.15) is 6.42 Å². The fraction of sp³-hybridized carbons (Fsp3) is 0.417. The summed E-state index contributed by atoms with van der Waals surface area (Å²) in [5.74, 6) is 0.436. The Bertz CT molecular complexity index is 437. The smallest absolute Gasteiger partial charge is 0.325 e. The second kappa shape index (κ2) is 7.80. The summed E-state index contributed by atoms with van der Waals surface area (Å²) < 4.78 is 36.5. The van der Waals surface area contributed by atoms with E-state index in [2.05, 4.69) is 5.32 Å². The summed E-state index contributed by atoms with van der Waals surface area (Å²) >= 11 is 1.40. The van der Waals surface area contributed by atoms with Gasteiger partial charge in [0, 0.05) is 10.6 Å². The van der Waals surface area contributed by atoms with Gasteiger partial charge in [-0.05, 0) is 54.5 Å². The molecule has 1 atom stereocenters. The molecule has 0 unspecified atom stereocenters. The first-order valence-corrected chi connectivity index (χ1v) is 7.94. The molecule has 0 aliphatic carbocycles. The predicted molar refractivity (Wildman–Crippen MR) is 78.0 cm³/mol. The minimum absolute atomic E-state index is 0.0715. The van der Waals surface area contributed by atoms with Crippen LogP contribution in [-0.2, 0) is 4.79 Å². The summed E-state index contributed by atoms with van der Waals surface area (Å²) in [6.07, 6.45) is 2.47. The zero-order valence-electron chi connectivity index (χ0n) is 10.7. The fourth-order valence-electron chi connectivity index (χ4n) is 1.35. The molecule has 1 aromatic rings. The summed E-state index contributed by atoms with van der Waals surface area (Å²) in [7, 11) is 0.